The Morgan fingerprint density at radius 1 is 1.13 bits per heavy atom. The zero-order valence-electron chi connectivity index (χ0n) is 13.1. The van der Waals surface area contributed by atoms with Crippen molar-refractivity contribution in [2.45, 2.75) is 11.8 Å². The van der Waals surface area contributed by atoms with E-state index in [9.17, 15) is 10.5 Å². The molecule has 7 heteroatoms. The quantitative estimate of drug-likeness (QED) is 0.704. The van der Waals surface area contributed by atoms with Crippen LogP contribution in [0.15, 0.2) is 24.3 Å². The van der Waals surface area contributed by atoms with Crippen LogP contribution in [0.2, 0.25) is 0 Å². The molecular weight excluding hydrogens is 296 g/mol. The summed E-state index contributed by atoms with van der Waals surface area (Å²) in [6.45, 7) is 0. The standard InChI is InChI=1S/C16H16N4O3/c1-21-11-7-5-4-6-10(11)12-14(8-17)13(19)20-16(22-2,23-3)15(12,14)9-18/h4-7,12H,1-3H3,(H2,19,20)/p+1/t12-,14-,15-/m1/s1. The third-order valence-electron chi connectivity index (χ3n) is 5.03. The zero-order valence-corrected chi connectivity index (χ0v) is 13.1. The summed E-state index contributed by atoms with van der Waals surface area (Å²) in [5.74, 6) is -1.26. The van der Waals surface area contributed by atoms with Gasteiger partial charge >= 0.3 is 5.91 Å². The lowest BCUT2D eigenvalue weighted by Crippen LogP contribution is -2.90. The predicted octanol–water partition coefficient (Wildman–Crippen LogP) is -0.790. The SMILES string of the molecule is COc1ccccc1[C@@H]1[C@]2(C#N)C(N)=[NH+]C(OC)(OC)[C@]12C#N. The van der Waals surface area contributed by atoms with Gasteiger partial charge in [-0.05, 0) is 6.07 Å². The number of nitrogens with two attached hydrogens (primary N) is 1. The van der Waals surface area contributed by atoms with Gasteiger partial charge in [-0.2, -0.15) is 10.5 Å². The molecule has 0 saturated heterocycles. The molecule has 23 heavy (non-hydrogen) atoms. The predicted molar refractivity (Wildman–Crippen MR) is 78.7 cm³/mol. The Labute approximate surface area is 133 Å². The molecular formula is C16H17N4O3+. The van der Waals surface area contributed by atoms with Crippen molar-refractivity contribution in [3.8, 4) is 17.9 Å². The molecule has 0 radical (unpaired) electrons. The van der Waals surface area contributed by atoms with Crippen LogP contribution >= 0.6 is 0 Å². The van der Waals surface area contributed by atoms with Crippen molar-refractivity contribution in [1.29, 1.82) is 10.5 Å². The van der Waals surface area contributed by atoms with Crippen molar-refractivity contribution in [2.75, 3.05) is 21.3 Å². The van der Waals surface area contributed by atoms with Crippen LogP contribution in [-0.2, 0) is 9.47 Å². The van der Waals surface area contributed by atoms with Gasteiger partial charge in [-0.3, -0.25) is 5.73 Å². The molecule has 7 nitrogen and oxygen atoms in total. The van der Waals surface area contributed by atoms with Crippen molar-refractivity contribution < 1.29 is 19.2 Å². The number of hydrogen-bond donors (Lipinski definition) is 2. The van der Waals surface area contributed by atoms with Crippen LogP contribution in [0.5, 0.6) is 5.75 Å². The van der Waals surface area contributed by atoms with Gasteiger partial charge < -0.3 is 14.2 Å². The van der Waals surface area contributed by atoms with Crippen molar-refractivity contribution in [3.05, 3.63) is 29.8 Å². The number of methoxy groups -OCH3 is 3. The number of amidine groups is 1. The van der Waals surface area contributed by atoms with Crippen LogP contribution in [-0.4, -0.2) is 33.1 Å². The summed E-state index contributed by atoms with van der Waals surface area (Å²) in [7, 11) is 4.36. The van der Waals surface area contributed by atoms with E-state index in [1.165, 1.54) is 14.2 Å². The highest BCUT2D eigenvalue weighted by Crippen LogP contribution is 2.79. The summed E-state index contributed by atoms with van der Waals surface area (Å²) >= 11 is 0. The topological polar surface area (TPSA) is 115 Å². The van der Waals surface area contributed by atoms with E-state index >= 15 is 0 Å². The zero-order chi connectivity index (χ0) is 16.9. The first-order chi connectivity index (χ1) is 11.0. The molecule has 1 saturated carbocycles. The molecule has 1 heterocycles. The molecule has 0 bridgehead atoms. The third-order valence-corrected chi connectivity index (χ3v) is 5.03. The molecule has 0 aromatic heterocycles. The van der Waals surface area contributed by atoms with Gasteiger partial charge in [0.05, 0.1) is 25.2 Å². The maximum atomic E-state index is 9.96. The van der Waals surface area contributed by atoms with Crippen molar-refractivity contribution in [1.82, 2.24) is 0 Å². The molecule has 2 aliphatic rings. The van der Waals surface area contributed by atoms with Gasteiger partial charge in [-0.1, -0.05) is 18.2 Å². The molecule has 1 aliphatic heterocycles. The second-order valence-corrected chi connectivity index (χ2v) is 5.58. The fourth-order valence-electron chi connectivity index (χ4n) is 3.98. The van der Waals surface area contributed by atoms with E-state index < -0.39 is 22.7 Å². The van der Waals surface area contributed by atoms with E-state index in [1.807, 2.05) is 18.2 Å². The van der Waals surface area contributed by atoms with Crippen molar-refractivity contribution in [2.24, 2.45) is 16.6 Å². The average molecular weight is 313 g/mol. The number of hydrogen-bond acceptors (Lipinski definition) is 6. The Kier molecular flexibility index (Phi) is 3.12. The van der Waals surface area contributed by atoms with E-state index in [1.54, 1.807) is 13.2 Å². The summed E-state index contributed by atoms with van der Waals surface area (Å²) < 4.78 is 16.3. The van der Waals surface area contributed by atoms with E-state index in [-0.39, 0.29) is 5.84 Å². The summed E-state index contributed by atoms with van der Waals surface area (Å²) in [5, 5.41) is 19.8. The number of nitriles is 2. The molecule has 1 aromatic carbocycles. The minimum absolute atomic E-state index is 0.168. The molecule has 1 fully saturated rings. The lowest BCUT2D eigenvalue weighted by molar-refractivity contribution is -0.687. The summed E-state index contributed by atoms with van der Waals surface area (Å²) in [6, 6.07) is 11.7. The Bertz CT molecular complexity index is 774. The minimum atomic E-state index is -1.49. The second-order valence-electron chi connectivity index (χ2n) is 5.58. The number of nitrogens with zero attached hydrogens (tertiary/aromatic N) is 2. The van der Waals surface area contributed by atoms with Crippen molar-refractivity contribution >= 4 is 5.84 Å². The average Bonchev–Trinajstić information content (AvgIpc) is 3.17. The molecule has 1 aromatic rings. The van der Waals surface area contributed by atoms with Gasteiger partial charge in [-0.25, -0.2) is 4.99 Å². The molecule has 0 amide bonds. The smallest absolute Gasteiger partial charge is 0.342 e. The number of rotatable bonds is 4. The number of para-hydroxylation sites is 1. The molecule has 1 aliphatic carbocycles. The number of ether oxygens (including phenoxy) is 3. The highest BCUT2D eigenvalue weighted by atomic mass is 16.7. The third kappa shape index (κ3) is 1.37. The normalized spacial score (nSPS) is 33.1. The van der Waals surface area contributed by atoms with E-state index in [0.717, 1.165) is 5.56 Å². The molecule has 0 unspecified atom stereocenters. The van der Waals surface area contributed by atoms with Gasteiger partial charge in [0.2, 0.25) is 0 Å². The summed E-state index contributed by atoms with van der Waals surface area (Å²) in [4.78, 5) is 2.85. The van der Waals surface area contributed by atoms with Gasteiger partial charge in [0, 0.05) is 19.8 Å². The van der Waals surface area contributed by atoms with Crippen LogP contribution in [0.1, 0.15) is 11.5 Å². The van der Waals surface area contributed by atoms with Crippen LogP contribution in [0, 0.1) is 33.5 Å². The molecule has 3 N–H and O–H groups in total. The summed E-state index contributed by atoms with van der Waals surface area (Å²) in [6.07, 6.45) is 0. The first kappa shape index (κ1) is 15.3. The molecule has 0 spiro atoms. The minimum Gasteiger partial charge on any atom is -0.496 e. The highest BCUT2D eigenvalue weighted by molar-refractivity contribution is 5.95. The van der Waals surface area contributed by atoms with Gasteiger partial charge in [0.15, 0.2) is 10.8 Å². The fourth-order valence-corrected chi connectivity index (χ4v) is 3.98. The molecule has 3 atom stereocenters. The lowest BCUT2D eigenvalue weighted by Gasteiger charge is -2.27. The van der Waals surface area contributed by atoms with Gasteiger partial charge in [-0.15, -0.1) is 0 Å². The van der Waals surface area contributed by atoms with E-state index in [0.29, 0.717) is 5.75 Å². The number of fused-ring (bicyclic) bond motifs is 1. The second kappa shape index (κ2) is 4.69. The summed E-state index contributed by atoms with van der Waals surface area (Å²) in [5.41, 5.74) is 4.27. The van der Waals surface area contributed by atoms with Crippen LogP contribution in [0.4, 0.5) is 0 Å². The van der Waals surface area contributed by atoms with Crippen molar-refractivity contribution in [3.63, 3.8) is 0 Å². The molecule has 3 rings (SSSR count). The maximum absolute atomic E-state index is 9.96. The van der Waals surface area contributed by atoms with E-state index in [4.69, 9.17) is 19.9 Å². The monoisotopic (exact) mass is 313 g/mol. The lowest BCUT2D eigenvalue weighted by atomic mass is 9.93. The highest BCUT2D eigenvalue weighted by Gasteiger charge is 2.97. The first-order valence-electron chi connectivity index (χ1n) is 7.02. The van der Waals surface area contributed by atoms with E-state index in [2.05, 4.69) is 17.1 Å². The number of benzene rings is 1. The van der Waals surface area contributed by atoms with Gasteiger partial charge in [0.1, 0.15) is 5.75 Å². The van der Waals surface area contributed by atoms with Crippen LogP contribution in [0.3, 0.4) is 0 Å². The van der Waals surface area contributed by atoms with Gasteiger partial charge in [0.25, 0.3) is 5.84 Å². The largest absolute Gasteiger partial charge is 0.496 e. The van der Waals surface area contributed by atoms with Crippen LogP contribution < -0.4 is 15.5 Å². The molecule has 118 valence electrons. The first-order valence-corrected chi connectivity index (χ1v) is 7.02. The Morgan fingerprint density at radius 3 is 2.30 bits per heavy atom. The Hall–Kier alpha value is -2.61. The maximum Gasteiger partial charge on any atom is 0.342 e. The Balaban J connectivity index is 2.28. The fraction of sp³-hybridized carbons (Fsp3) is 0.438. The Morgan fingerprint density at radius 2 is 1.78 bits per heavy atom. The van der Waals surface area contributed by atoms with Crippen LogP contribution in [0.25, 0.3) is 0 Å². The number of nitrogens with one attached hydrogen (secondary N) is 1.